The van der Waals surface area contributed by atoms with Gasteiger partial charge < -0.3 is 9.72 Å². The summed E-state index contributed by atoms with van der Waals surface area (Å²) in [7, 11) is 1.72. The first-order valence-electron chi connectivity index (χ1n) is 8.64. The van der Waals surface area contributed by atoms with Crippen molar-refractivity contribution in [3.05, 3.63) is 59.5 Å². The zero-order chi connectivity index (χ0) is 16.5. The highest BCUT2D eigenvalue weighted by atomic mass is 16.5. The molecule has 0 spiro atoms. The van der Waals surface area contributed by atoms with Gasteiger partial charge in [-0.1, -0.05) is 13.0 Å². The molecule has 1 atom stereocenters. The summed E-state index contributed by atoms with van der Waals surface area (Å²) in [6, 6.07) is 10.8. The van der Waals surface area contributed by atoms with E-state index in [1.165, 1.54) is 27.7 Å². The zero-order valence-electron chi connectivity index (χ0n) is 14.2. The van der Waals surface area contributed by atoms with Crippen molar-refractivity contribution in [2.75, 3.05) is 20.2 Å². The average molecular weight is 321 g/mol. The van der Waals surface area contributed by atoms with Gasteiger partial charge in [0.25, 0.3) is 0 Å². The summed E-state index contributed by atoms with van der Waals surface area (Å²) in [6.07, 6.45) is 6.06. The first kappa shape index (κ1) is 15.2. The SMILES string of the molecule is CCCN1CCc2c([nH]c3ccc(OC)cc23)C1c1cccnc1. The number of aromatic amines is 1. The molecule has 1 aliphatic rings. The third kappa shape index (κ3) is 2.47. The number of rotatable bonds is 4. The molecule has 0 fully saturated rings. The molecule has 3 aromatic rings. The van der Waals surface area contributed by atoms with Gasteiger partial charge in [-0.2, -0.15) is 0 Å². The Kier molecular flexibility index (Phi) is 3.98. The standard InChI is InChI=1S/C20H23N3O/c1-3-10-23-11-8-16-17-12-15(24-2)6-7-18(17)22-19(16)20(23)14-5-4-9-21-13-14/h4-7,9,12-13,20,22H,3,8,10-11H2,1-2H3. The summed E-state index contributed by atoms with van der Waals surface area (Å²) in [5, 5.41) is 1.29. The predicted molar refractivity (Wildman–Crippen MR) is 96.5 cm³/mol. The number of nitrogens with zero attached hydrogens (tertiary/aromatic N) is 2. The number of benzene rings is 1. The minimum absolute atomic E-state index is 0.251. The van der Waals surface area contributed by atoms with Crippen LogP contribution in [0.15, 0.2) is 42.7 Å². The third-order valence-electron chi connectivity index (χ3n) is 4.94. The van der Waals surface area contributed by atoms with E-state index < -0.39 is 0 Å². The number of hydrogen-bond acceptors (Lipinski definition) is 3. The van der Waals surface area contributed by atoms with Crippen LogP contribution < -0.4 is 4.74 Å². The lowest BCUT2D eigenvalue weighted by molar-refractivity contribution is 0.211. The van der Waals surface area contributed by atoms with Crippen LogP contribution in [0.1, 0.15) is 36.2 Å². The molecule has 1 N–H and O–H groups in total. The van der Waals surface area contributed by atoms with Crippen LogP contribution in [-0.4, -0.2) is 35.1 Å². The summed E-state index contributed by atoms with van der Waals surface area (Å²) in [6.45, 7) is 4.41. The fraction of sp³-hybridized carbons (Fsp3) is 0.350. The average Bonchev–Trinajstić information content (AvgIpc) is 3.00. The van der Waals surface area contributed by atoms with Crippen LogP contribution in [0.2, 0.25) is 0 Å². The van der Waals surface area contributed by atoms with Crippen molar-refractivity contribution in [2.45, 2.75) is 25.8 Å². The van der Waals surface area contributed by atoms with Gasteiger partial charge >= 0.3 is 0 Å². The Morgan fingerprint density at radius 2 is 2.25 bits per heavy atom. The molecular formula is C20H23N3O. The minimum atomic E-state index is 0.251. The minimum Gasteiger partial charge on any atom is -0.497 e. The van der Waals surface area contributed by atoms with Gasteiger partial charge in [0, 0.05) is 35.5 Å². The molecule has 1 unspecified atom stereocenters. The second-order valence-corrected chi connectivity index (χ2v) is 6.40. The van der Waals surface area contributed by atoms with Gasteiger partial charge in [0.2, 0.25) is 0 Å². The molecule has 0 saturated heterocycles. The molecule has 3 heterocycles. The van der Waals surface area contributed by atoms with Crippen LogP contribution in [0.4, 0.5) is 0 Å². The molecule has 0 radical (unpaired) electrons. The van der Waals surface area contributed by atoms with E-state index in [4.69, 9.17) is 4.74 Å². The van der Waals surface area contributed by atoms with Gasteiger partial charge in [-0.25, -0.2) is 0 Å². The molecule has 0 amide bonds. The van der Waals surface area contributed by atoms with Crippen molar-refractivity contribution in [1.29, 1.82) is 0 Å². The Morgan fingerprint density at radius 3 is 3.00 bits per heavy atom. The summed E-state index contributed by atoms with van der Waals surface area (Å²) >= 11 is 0. The molecule has 0 aliphatic carbocycles. The number of hydrogen-bond donors (Lipinski definition) is 1. The van der Waals surface area contributed by atoms with Gasteiger partial charge in [0.15, 0.2) is 0 Å². The van der Waals surface area contributed by atoms with E-state index in [-0.39, 0.29) is 6.04 Å². The van der Waals surface area contributed by atoms with Crippen LogP contribution in [0.5, 0.6) is 5.75 Å². The Hall–Kier alpha value is -2.33. The third-order valence-corrected chi connectivity index (χ3v) is 4.94. The molecule has 124 valence electrons. The molecule has 1 aromatic carbocycles. The summed E-state index contributed by atoms with van der Waals surface area (Å²) in [4.78, 5) is 10.6. The van der Waals surface area contributed by atoms with Gasteiger partial charge in [-0.15, -0.1) is 0 Å². The second-order valence-electron chi connectivity index (χ2n) is 6.40. The highest BCUT2D eigenvalue weighted by Gasteiger charge is 2.31. The molecule has 0 bridgehead atoms. The molecule has 0 saturated carbocycles. The Morgan fingerprint density at radius 1 is 1.33 bits per heavy atom. The number of methoxy groups -OCH3 is 1. The molecule has 4 nitrogen and oxygen atoms in total. The van der Waals surface area contributed by atoms with E-state index in [9.17, 15) is 0 Å². The van der Waals surface area contributed by atoms with Crippen molar-refractivity contribution in [1.82, 2.24) is 14.9 Å². The van der Waals surface area contributed by atoms with E-state index >= 15 is 0 Å². The smallest absolute Gasteiger partial charge is 0.119 e. The van der Waals surface area contributed by atoms with Crippen LogP contribution in [0, 0.1) is 0 Å². The van der Waals surface area contributed by atoms with Gasteiger partial charge in [-0.3, -0.25) is 9.88 Å². The fourth-order valence-corrected chi connectivity index (χ4v) is 3.89. The first-order valence-corrected chi connectivity index (χ1v) is 8.64. The van der Waals surface area contributed by atoms with E-state index in [1.54, 1.807) is 7.11 Å². The number of pyridine rings is 1. The zero-order valence-corrected chi connectivity index (χ0v) is 14.2. The quantitative estimate of drug-likeness (QED) is 0.791. The Labute approximate surface area is 142 Å². The van der Waals surface area contributed by atoms with E-state index in [2.05, 4.69) is 40.0 Å². The molecule has 2 aromatic heterocycles. The Balaban J connectivity index is 1.88. The number of ether oxygens (including phenoxy) is 1. The lowest BCUT2D eigenvalue weighted by Crippen LogP contribution is -2.36. The maximum atomic E-state index is 5.42. The lowest BCUT2D eigenvalue weighted by atomic mass is 9.93. The number of H-pyrrole nitrogens is 1. The van der Waals surface area contributed by atoms with Gasteiger partial charge in [0.05, 0.1) is 13.2 Å². The predicted octanol–water partition coefficient (Wildman–Crippen LogP) is 3.93. The largest absolute Gasteiger partial charge is 0.497 e. The van der Waals surface area contributed by atoms with Crippen LogP contribution >= 0.6 is 0 Å². The van der Waals surface area contributed by atoms with Crippen LogP contribution in [-0.2, 0) is 6.42 Å². The van der Waals surface area contributed by atoms with E-state index in [1.807, 2.05) is 24.5 Å². The summed E-state index contributed by atoms with van der Waals surface area (Å²) < 4.78 is 5.42. The molecule has 24 heavy (non-hydrogen) atoms. The number of aromatic nitrogens is 2. The topological polar surface area (TPSA) is 41.2 Å². The lowest BCUT2D eigenvalue weighted by Gasteiger charge is -2.35. The van der Waals surface area contributed by atoms with Crippen molar-refractivity contribution in [2.24, 2.45) is 0 Å². The van der Waals surface area contributed by atoms with E-state index in [0.717, 1.165) is 31.7 Å². The molecular weight excluding hydrogens is 298 g/mol. The second kappa shape index (κ2) is 6.29. The summed E-state index contributed by atoms with van der Waals surface area (Å²) in [5.41, 5.74) is 5.18. The van der Waals surface area contributed by atoms with Gasteiger partial charge in [-0.05, 0) is 54.8 Å². The Bertz CT molecular complexity index is 841. The van der Waals surface area contributed by atoms with Crippen molar-refractivity contribution in [3.8, 4) is 5.75 Å². The van der Waals surface area contributed by atoms with Crippen molar-refractivity contribution in [3.63, 3.8) is 0 Å². The van der Waals surface area contributed by atoms with Crippen molar-refractivity contribution >= 4 is 10.9 Å². The van der Waals surface area contributed by atoms with Crippen molar-refractivity contribution < 1.29 is 4.74 Å². The highest BCUT2D eigenvalue weighted by Crippen LogP contribution is 2.39. The molecule has 4 heteroatoms. The highest BCUT2D eigenvalue weighted by molar-refractivity contribution is 5.86. The van der Waals surface area contributed by atoms with Crippen LogP contribution in [0.25, 0.3) is 10.9 Å². The fourth-order valence-electron chi connectivity index (χ4n) is 3.89. The maximum absolute atomic E-state index is 5.42. The normalized spacial score (nSPS) is 17.8. The number of nitrogens with one attached hydrogen (secondary N) is 1. The molecule has 4 rings (SSSR count). The molecule has 1 aliphatic heterocycles. The van der Waals surface area contributed by atoms with Crippen LogP contribution in [0.3, 0.4) is 0 Å². The summed E-state index contributed by atoms with van der Waals surface area (Å²) in [5.74, 6) is 0.915. The van der Waals surface area contributed by atoms with Gasteiger partial charge in [0.1, 0.15) is 5.75 Å². The monoisotopic (exact) mass is 321 g/mol. The maximum Gasteiger partial charge on any atom is 0.119 e. The number of fused-ring (bicyclic) bond motifs is 3. The van der Waals surface area contributed by atoms with E-state index in [0.29, 0.717) is 0 Å². The first-order chi connectivity index (χ1) is 11.8.